The van der Waals surface area contributed by atoms with Crippen molar-refractivity contribution in [2.75, 3.05) is 18.9 Å². The van der Waals surface area contributed by atoms with Gasteiger partial charge >= 0.3 is 0 Å². The van der Waals surface area contributed by atoms with Crippen molar-refractivity contribution in [1.82, 2.24) is 35.2 Å². The molecule has 0 unspecified atom stereocenters. The van der Waals surface area contributed by atoms with Gasteiger partial charge in [-0.2, -0.15) is 0 Å². The second-order valence-electron chi connectivity index (χ2n) is 6.60. The summed E-state index contributed by atoms with van der Waals surface area (Å²) in [5.41, 5.74) is 3.75. The van der Waals surface area contributed by atoms with Gasteiger partial charge in [0.25, 0.3) is 5.91 Å². The van der Waals surface area contributed by atoms with Crippen LogP contribution in [-0.4, -0.2) is 49.4 Å². The molecule has 0 aliphatic heterocycles. The standard InChI is InChI=1S/C21H20N8O/c1-13-24-9-15(10-25-13)17-8-18(27-11-26-17)23-7-6-14-4-3-5-16-19(14)28-12-29-20(16)21(30)22-2/h3-5,8-12H,6-7H2,1-2H3,(H,22,30)(H,23,26,27). The second kappa shape index (κ2) is 8.56. The molecule has 0 radical (unpaired) electrons. The quantitative estimate of drug-likeness (QED) is 0.506. The van der Waals surface area contributed by atoms with Crippen molar-refractivity contribution in [3.05, 3.63) is 66.4 Å². The van der Waals surface area contributed by atoms with Crippen LogP contribution in [0.25, 0.3) is 22.2 Å². The molecule has 9 nitrogen and oxygen atoms in total. The lowest BCUT2D eigenvalue weighted by molar-refractivity contribution is 0.0960. The number of aryl methyl sites for hydroxylation is 1. The van der Waals surface area contributed by atoms with Crippen LogP contribution in [0.1, 0.15) is 21.9 Å². The molecule has 0 aliphatic carbocycles. The number of fused-ring (bicyclic) bond motifs is 1. The largest absolute Gasteiger partial charge is 0.370 e. The molecule has 3 heterocycles. The fourth-order valence-corrected chi connectivity index (χ4v) is 3.11. The minimum absolute atomic E-state index is 0.230. The monoisotopic (exact) mass is 400 g/mol. The first-order valence-corrected chi connectivity index (χ1v) is 9.45. The first-order valence-electron chi connectivity index (χ1n) is 9.45. The van der Waals surface area contributed by atoms with Crippen LogP contribution in [-0.2, 0) is 6.42 Å². The lowest BCUT2D eigenvalue weighted by Gasteiger charge is -2.10. The molecular weight excluding hydrogens is 380 g/mol. The maximum absolute atomic E-state index is 12.1. The smallest absolute Gasteiger partial charge is 0.270 e. The summed E-state index contributed by atoms with van der Waals surface area (Å²) in [7, 11) is 1.59. The molecule has 0 saturated carbocycles. The van der Waals surface area contributed by atoms with Crippen LogP contribution < -0.4 is 10.6 Å². The molecule has 4 rings (SSSR count). The van der Waals surface area contributed by atoms with Crippen molar-refractivity contribution in [2.45, 2.75) is 13.3 Å². The first-order chi connectivity index (χ1) is 14.7. The summed E-state index contributed by atoms with van der Waals surface area (Å²) in [6.45, 7) is 2.48. The topological polar surface area (TPSA) is 118 Å². The van der Waals surface area contributed by atoms with Gasteiger partial charge in [-0.1, -0.05) is 18.2 Å². The van der Waals surface area contributed by atoms with Crippen LogP contribution in [0, 0.1) is 6.92 Å². The van der Waals surface area contributed by atoms with E-state index in [1.807, 2.05) is 31.2 Å². The van der Waals surface area contributed by atoms with E-state index in [1.165, 1.54) is 12.7 Å². The number of hydrogen-bond acceptors (Lipinski definition) is 8. The average Bonchev–Trinajstić information content (AvgIpc) is 2.79. The molecule has 0 bridgehead atoms. The number of nitrogens with one attached hydrogen (secondary N) is 2. The van der Waals surface area contributed by atoms with Gasteiger partial charge < -0.3 is 10.6 Å². The highest BCUT2D eigenvalue weighted by Gasteiger charge is 2.13. The fourth-order valence-electron chi connectivity index (χ4n) is 3.11. The summed E-state index contributed by atoms with van der Waals surface area (Å²) in [4.78, 5) is 37.6. The van der Waals surface area contributed by atoms with Crippen molar-refractivity contribution >= 4 is 22.6 Å². The van der Waals surface area contributed by atoms with Crippen LogP contribution in [0.15, 0.2) is 49.3 Å². The van der Waals surface area contributed by atoms with Crippen molar-refractivity contribution in [3.8, 4) is 11.3 Å². The Morgan fingerprint density at radius 2 is 1.80 bits per heavy atom. The summed E-state index contributed by atoms with van der Waals surface area (Å²) in [6, 6.07) is 7.63. The van der Waals surface area contributed by atoms with E-state index in [1.54, 1.807) is 19.4 Å². The number of hydrogen-bond donors (Lipinski definition) is 2. The number of carbonyl (C=O) groups excluding carboxylic acids is 1. The van der Waals surface area contributed by atoms with Crippen LogP contribution in [0.4, 0.5) is 5.82 Å². The van der Waals surface area contributed by atoms with Gasteiger partial charge in [0.05, 0.1) is 11.2 Å². The van der Waals surface area contributed by atoms with Crippen molar-refractivity contribution in [1.29, 1.82) is 0 Å². The predicted octanol–water partition coefficient (Wildman–Crippen LogP) is 2.20. The molecule has 150 valence electrons. The van der Waals surface area contributed by atoms with E-state index >= 15 is 0 Å². The number of para-hydroxylation sites is 1. The molecule has 0 saturated heterocycles. The van der Waals surface area contributed by atoms with Crippen molar-refractivity contribution in [3.63, 3.8) is 0 Å². The number of anilines is 1. The predicted molar refractivity (Wildman–Crippen MR) is 113 cm³/mol. The van der Waals surface area contributed by atoms with Gasteiger partial charge in [0.15, 0.2) is 0 Å². The van der Waals surface area contributed by atoms with Gasteiger partial charge in [-0.3, -0.25) is 4.79 Å². The summed E-state index contributed by atoms with van der Waals surface area (Å²) in [5.74, 6) is 1.19. The van der Waals surface area contributed by atoms with Gasteiger partial charge in [0.1, 0.15) is 30.0 Å². The maximum Gasteiger partial charge on any atom is 0.270 e. The Balaban J connectivity index is 1.50. The minimum Gasteiger partial charge on any atom is -0.370 e. The van der Waals surface area contributed by atoms with Crippen LogP contribution in [0.3, 0.4) is 0 Å². The maximum atomic E-state index is 12.1. The van der Waals surface area contributed by atoms with Crippen molar-refractivity contribution in [2.24, 2.45) is 0 Å². The Morgan fingerprint density at radius 3 is 2.60 bits per heavy atom. The van der Waals surface area contributed by atoms with Crippen molar-refractivity contribution < 1.29 is 4.79 Å². The Kier molecular flexibility index (Phi) is 5.51. The lowest BCUT2D eigenvalue weighted by atomic mass is 10.1. The van der Waals surface area contributed by atoms with E-state index in [0.29, 0.717) is 30.3 Å². The van der Waals surface area contributed by atoms with Gasteiger partial charge in [-0.15, -0.1) is 0 Å². The molecular formula is C21H20N8O. The van der Waals surface area contributed by atoms with Gasteiger partial charge in [-0.25, -0.2) is 29.9 Å². The molecule has 9 heteroatoms. The highest BCUT2D eigenvalue weighted by atomic mass is 16.1. The van der Waals surface area contributed by atoms with Gasteiger partial charge in [-0.05, 0) is 18.9 Å². The number of aromatic nitrogens is 6. The Hall–Kier alpha value is -4.01. The number of benzene rings is 1. The fraction of sp³-hybridized carbons (Fsp3) is 0.190. The lowest BCUT2D eigenvalue weighted by Crippen LogP contribution is -2.20. The number of carbonyl (C=O) groups is 1. The van der Waals surface area contributed by atoms with Crippen LogP contribution in [0.2, 0.25) is 0 Å². The zero-order valence-electron chi connectivity index (χ0n) is 16.6. The van der Waals surface area contributed by atoms with E-state index in [-0.39, 0.29) is 5.91 Å². The van der Waals surface area contributed by atoms with E-state index in [0.717, 1.165) is 27.7 Å². The van der Waals surface area contributed by atoms with Gasteiger partial charge in [0, 0.05) is 43.0 Å². The van der Waals surface area contributed by atoms with E-state index < -0.39 is 0 Å². The molecule has 0 spiro atoms. The summed E-state index contributed by atoms with van der Waals surface area (Å²) in [6.07, 6.45) is 7.12. The van der Waals surface area contributed by atoms with Crippen LogP contribution in [0.5, 0.6) is 0 Å². The van der Waals surface area contributed by atoms with Gasteiger partial charge in [0.2, 0.25) is 0 Å². The molecule has 2 N–H and O–H groups in total. The Bertz CT molecular complexity index is 1190. The molecule has 3 aromatic heterocycles. The first kappa shape index (κ1) is 19.3. The summed E-state index contributed by atoms with van der Waals surface area (Å²) >= 11 is 0. The third-order valence-electron chi connectivity index (χ3n) is 4.63. The van der Waals surface area contributed by atoms with E-state index in [4.69, 9.17) is 0 Å². The molecule has 0 fully saturated rings. The number of rotatable bonds is 6. The van der Waals surface area contributed by atoms with E-state index in [9.17, 15) is 4.79 Å². The summed E-state index contributed by atoms with van der Waals surface area (Å²) in [5, 5.41) is 6.66. The zero-order chi connectivity index (χ0) is 20.9. The zero-order valence-corrected chi connectivity index (χ0v) is 16.6. The highest BCUT2D eigenvalue weighted by molar-refractivity contribution is 6.04. The molecule has 0 atom stereocenters. The normalized spacial score (nSPS) is 10.7. The Labute approximate surface area is 173 Å². The average molecular weight is 400 g/mol. The third kappa shape index (κ3) is 4.04. The Morgan fingerprint density at radius 1 is 1.00 bits per heavy atom. The summed E-state index contributed by atoms with van der Waals surface area (Å²) < 4.78 is 0. The molecule has 0 aliphatic rings. The SMILES string of the molecule is CNC(=O)c1ncnc2c(CCNc3cc(-c4cnc(C)nc4)ncn3)cccc12. The molecule has 4 aromatic rings. The third-order valence-corrected chi connectivity index (χ3v) is 4.63. The van der Waals surface area contributed by atoms with E-state index in [2.05, 4.69) is 40.5 Å². The number of amides is 1. The molecule has 30 heavy (non-hydrogen) atoms. The molecule has 1 aromatic carbocycles. The minimum atomic E-state index is -0.230. The molecule has 1 amide bonds. The van der Waals surface area contributed by atoms with Crippen LogP contribution >= 0.6 is 0 Å². The second-order valence-corrected chi connectivity index (χ2v) is 6.60. The highest BCUT2D eigenvalue weighted by Crippen LogP contribution is 2.20. The number of nitrogens with zero attached hydrogens (tertiary/aromatic N) is 6.